The van der Waals surface area contributed by atoms with E-state index < -0.39 is 5.97 Å². The molecule has 0 atom stereocenters. The summed E-state index contributed by atoms with van der Waals surface area (Å²) in [6, 6.07) is 24.7. The van der Waals surface area contributed by atoms with E-state index in [-0.39, 0.29) is 24.6 Å². The van der Waals surface area contributed by atoms with Gasteiger partial charge in [0.15, 0.2) is 5.78 Å². The molecular weight excluding hydrogens is 574 g/mol. The van der Waals surface area contributed by atoms with Crippen molar-refractivity contribution < 1.29 is 19.1 Å². The molecule has 0 aliphatic carbocycles. The quantitative estimate of drug-likeness (QED) is 0.0499. The van der Waals surface area contributed by atoms with Crippen molar-refractivity contribution in [3.05, 3.63) is 117 Å². The van der Waals surface area contributed by atoms with Crippen LogP contribution in [-0.4, -0.2) is 38.1 Å². The number of hydrogen-bond acceptors (Lipinski definition) is 9. The van der Waals surface area contributed by atoms with Crippen LogP contribution in [0.3, 0.4) is 0 Å². The van der Waals surface area contributed by atoms with Gasteiger partial charge in [-0.15, -0.1) is 11.3 Å². The third kappa shape index (κ3) is 8.01. The van der Waals surface area contributed by atoms with E-state index in [2.05, 4.69) is 38.2 Å². The first-order chi connectivity index (χ1) is 21.3. The lowest BCUT2D eigenvalue weighted by atomic mass is 10.0. The minimum absolute atomic E-state index is 0.0669. The first-order valence-corrected chi connectivity index (χ1v) is 14.7. The molecular formula is C34H31N5O4S. The molecule has 0 N–H and O–H groups in total. The molecule has 0 saturated heterocycles. The molecule has 0 aliphatic rings. The Morgan fingerprint density at radius 2 is 1.70 bits per heavy atom. The van der Waals surface area contributed by atoms with Crippen molar-refractivity contribution >= 4 is 45.2 Å². The summed E-state index contributed by atoms with van der Waals surface area (Å²) in [6.07, 6.45) is 0. The van der Waals surface area contributed by atoms with E-state index in [1.54, 1.807) is 31.2 Å². The largest absolute Gasteiger partial charge is 0.460 e. The highest BCUT2D eigenvalue weighted by Gasteiger charge is 2.16. The first-order valence-electron chi connectivity index (χ1n) is 13.9. The summed E-state index contributed by atoms with van der Waals surface area (Å²) in [4.78, 5) is 30.5. The van der Waals surface area contributed by atoms with Gasteiger partial charge in [-0.25, -0.2) is 9.64 Å². The van der Waals surface area contributed by atoms with Gasteiger partial charge in [0.1, 0.15) is 17.7 Å². The fourth-order valence-corrected chi connectivity index (χ4v) is 5.33. The number of carbonyl (C=O) groups is 2. The standard InChI is InChI=1S/C34H31N5O4S/c1-23-20-27(14-15-30(23)37-38-33-32(36-4)24(2)31(21-35)44-33)39(22-26-10-6-5-7-11-26)16-17-42-18-19-43-34(41)29-13-9-8-12-28(29)25(3)40/h5-15,20H,16-19,22H2,1-3H3. The summed E-state index contributed by atoms with van der Waals surface area (Å²) >= 11 is 1.16. The molecule has 222 valence electrons. The van der Waals surface area contributed by atoms with Crippen LogP contribution >= 0.6 is 11.3 Å². The van der Waals surface area contributed by atoms with Crippen molar-refractivity contribution in [3.63, 3.8) is 0 Å². The monoisotopic (exact) mass is 605 g/mol. The molecule has 0 unspecified atom stereocenters. The number of Topliss-reactive ketones (excluding diaryl/α,β-unsaturated/α-hetero) is 1. The first kappa shape index (κ1) is 31.8. The molecule has 10 heteroatoms. The van der Waals surface area contributed by atoms with E-state index in [0.717, 1.165) is 28.2 Å². The van der Waals surface area contributed by atoms with Gasteiger partial charge in [-0.3, -0.25) is 4.79 Å². The molecule has 0 amide bonds. The Hall–Kier alpha value is -5.16. The smallest absolute Gasteiger partial charge is 0.338 e. The maximum Gasteiger partial charge on any atom is 0.338 e. The van der Waals surface area contributed by atoms with Gasteiger partial charge < -0.3 is 14.4 Å². The van der Waals surface area contributed by atoms with Crippen LogP contribution in [0.5, 0.6) is 0 Å². The molecule has 4 aromatic rings. The van der Waals surface area contributed by atoms with Gasteiger partial charge in [-0.1, -0.05) is 48.5 Å². The van der Waals surface area contributed by atoms with E-state index in [1.807, 2.05) is 43.3 Å². The van der Waals surface area contributed by atoms with Gasteiger partial charge in [0.2, 0.25) is 5.69 Å². The SMILES string of the molecule is [C-]#[N+]c1c(N=Nc2ccc(N(CCOCCOC(=O)c3ccccc3C(C)=O)Cc3ccccc3)cc2C)sc(C#N)c1C. The number of anilines is 1. The topological polar surface area (TPSA) is 109 Å². The van der Waals surface area contributed by atoms with Crippen LogP contribution in [0, 0.1) is 31.8 Å². The van der Waals surface area contributed by atoms with Crippen LogP contribution in [-0.2, 0) is 16.0 Å². The second-order valence-electron chi connectivity index (χ2n) is 9.86. The highest BCUT2D eigenvalue weighted by molar-refractivity contribution is 7.17. The number of benzene rings is 3. The third-order valence-electron chi connectivity index (χ3n) is 6.81. The van der Waals surface area contributed by atoms with Crippen LogP contribution in [0.15, 0.2) is 83.0 Å². The molecule has 9 nitrogen and oxygen atoms in total. The molecule has 0 spiro atoms. The summed E-state index contributed by atoms with van der Waals surface area (Å²) in [5, 5.41) is 18.4. The summed E-state index contributed by atoms with van der Waals surface area (Å²) in [5.74, 6) is -0.748. The van der Waals surface area contributed by atoms with Gasteiger partial charge in [0.05, 0.1) is 35.9 Å². The molecule has 0 radical (unpaired) electrons. The molecule has 1 heterocycles. The zero-order valence-electron chi connectivity index (χ0n) is 24.7. The van der Waals surface area contributed by atoms with Crippen LogP contribution in [0.1, 0.15) is 49.2 Å². The van der Waals surface area contributed by atoms with Gasteiger partial charge >= 0.3 is 5.97 Å². The number of carbonyl (C=O) groups excluding carboxylic acids is 2. The van der Waals surface area contributed by atoms with Crippen molar-refractivity contribution in [2.24, 2.45) is 10.2 Å². The summed E-state index contributed by atoms with van der Waals surface area (Å²) in [7, 11) is 0. The molecule has 3 aromatic carbocycles. The van der Waals surface area contributed by atoms with E-state index in [9.17, 15) is 14.9 Å². The highest BCUT2D eigenvalue weighted by Crippen LogP contribution is 2.42. The van der Waals surface area contributed by atoms with E-state index in [1.165, 1.54) is 6.92 Å². The maximum atomic E-state index is 12.5. The number of hydrogen-bond donors (Lipinski definition) is 0. The van der Waals surface area contributed by atoms with Gasteiger partial charge in [0, 0.05) is 24.3 Å². The Morgan fingerprint density at radius 3 is 2.39 bits per heavy atom. The molecule has 0 bridgehead atoms. The Kier molecular flexibility index (Phi) is 11.1. The normalized spacial score (nSPS) is 10.8. The lowest BCUT2D eigenvalue weighted by molar-refractivity contribution is 0.0325. The number of thiophene rings is 1. The van der Waals surface area contributed by atoms with E-state index >= 15 is 0 Å². The lowest BCUT2D eigenvalue weighted by Crippen LogP contribution is -2.27. The van der Waals surface area contributed by atoms with Gasteiger partial charge in [-0.2, -0.15) is 15.5 Å². The molecule has 0 aliphatic heterocycles. The fourth-order valence-electron chi connectivity index (χ4n) is 4.46. The molecule has 0 fully saturated rings. The number of ketones is 1. The van der Waals surface area contributed by atoms with Crippen molar-refractivity contribution in [2.45, 2.75) is 27.3 Å². The van der Waals surface area contributed by atoms with Gasteiger partial charge in [-0.05, 0) is 61.7 Å². The number of azo groups is 1. The summed E-state index contributed by atoms with van der Waals surface area (Å²) in [5.41, 5.74) is 5.25. The molecule has 4 rings (SSSR count). The Morgan fingerprint density at radius 1 is 0.977 bits per heavy atom. The van der Waals surface area contributed by atoms with E-state index in [0.29, 0.717) is 52.1 Å². The third-order valence-corrected chi connectivity index (χ3v) is 7.88. The van der Waals surface area contributed by atoms with Crippen molar-refractivity contribution in [3.8, 4) is 6.07 Å². The summed E-state index contributed by atoms with van der Waals surface area (Å²) < 4.78 is 11.1. The predicted molar refractivity (Wildman–Crippen MR) is 170 cm³/mol. The number of nitriles is 1. The Labute approximate surface area is 260 Å². The van der Waals surface area contributed by atoms with E-state index in [4.69, 9.17) is 16.0 Å². The Bertz CT molecular complexity index is 1750. The van der Waals surface area contributed by atoms with Crippen LogP contribution in [0.2, 0.25) is 0 Å². The number of rotatable bonds is 13. The molecule has 0 saturated carbocycles. The zero-order chi connectivity index (χ0) is 31.5. The lowest BCUT2D eigenvalue weighted by Gasteiger charge is -2.25. The average Bonchev–Trinajstić information content (AvgIpc) is 3.35. The van der Waals surface area contributed by atoms with Crippen molar-refractivity contribution in [1.82, 2.24) is 0 Å². The molecule has 44 heavy (non-hydrogen) atoms. The highest BCUT2D eigenvalue weighted by atomic mass is 32.1. The average molecular weight is 606 g/mol. The Balaban J connectivity index is 1.39. The second kappa shape index (κ2) is 15.4. The fraction of sp³-hybridized carbons (Fsp3) is 0.235. The van der Waals surface area contributed by atoms with Crippen LogP contribution < -0.4 is 4.90 Å². The number of aryl methyl sites for hydroxylation is 1. The maximum absolute atomic E-state index is 12.5. The molecule has 1 aromatic heterocycles. The number of esters is 1. The minimum atomic E-state index is -0.553. The number of ether oxygens (including phenoxy) is 2. The minimum Gasteiger partial charge on any atom is -0.460 e. The summed E-state index contributed by atoms with van der Waals surface area (Å²) in [6.45, 7) is 14.5. The zero-order valence-corrected chi connectivity index (χ0v) is 25.6. The number of nitrogens with zero attached hydrogens (tertiary/aromatic N) is 5. The van der Waals surface area contributed by atoms with Crippen molar-refractivity contribution in [1.29, 1.82) is 5.26 Å². The van der Waals surface area contributed by atoms with Crippen molar-refractivity contribution in [2.75, 3.05) is 31.3 Å². The van der Waals surface area contributed by atoms with Gasteiger partial charge in [0.25, 0.3) is 0 Å². The van der Waals surface area contributed by atoms with Crippen LogP contribution in [0.25, 0.3) is 4.85 Å². The predicted octanol–water partition coefficient (Wildman–Crippen LogP) is 8.29. The second-order valence-corrected chi connectivity index (χ2v) is 10.9. The van der Waals surface area contributed by atoms with Crippen LogP contribution in [0.4, 0.5) is 22.1 Å².